The summed E-state index contributed by atoms with van der Waals surface area (Å²) in [7, 11) is 4.15. The van der Waals surface area contributed by atoms with Gasteiger partial charge in [0.05, 0.1) is 35.3 Å². The van der Waals surface area contributed by atoms with Crippen LogP contribution in [0.5, 0.6) is 0 Å². The molecule has 0 amide bonds. The van der Waals surface area contributed by atoms with E-state index in [-0.39, 0.29) is 11.9 Å². The zero-order valence-corrected chi connectivity index (χ0v) is 18.0. The molecule has 1 aliphatic rings. The third-order valence-corrected chi connectivity index (χ3v) is 5.95. The molecule has 0 saturated carbocycles. The average Bonchev–Trinajstić information content (AvgIpc) is 3.35. The second kappa shape index (κ2) is 7.94. The van der Waals surface area contributed by atoms with Crippen LogP contribution in [0.2, 0.25) is 0 Å². The van der Waals surface area contributed by atoms with Crippen molar-refractivity contribution in [1.82, 2.24) is 25.1 Å². The van der Waals surface area contributed by atoms with Gasteiger partial charge in [-0.15, -0.1) is 0 Å². The average molecular weight is 423 g/mol. The Morgan fingerprint density at radius 3 is 2.87 bits per heavy atom. The van der Waals surface area contributed by atoms with E-state index in [0.717, 1.165) is 48.2 Å². The molecule has 2 N–H and O–H groups in total. The minimum atomic E-state index is -0.291. The molecule has 0 unspecified atom stereocenters. The fourth-order valence-corrected chi connectivity index (χ4v) is 4.39. The Labute approximate surface area is 180 Å². The lowest BCUT2D eigenvalue weighted by Crippen LogP contribution is -2.52. The number of likely N-dealkylation sites (N-methyl/N-ethyl adjacent to an activating group) is 1. The van der Waals surface area contributed by atoms with E-state index in [4.69, 9.17) is 9.72 Å². The number of H-pyrrole nitrogens is 2. The number of aromatic nitrogens is 4. The summed E-state index contributed by atoms with van der Waals surface area (Å²) in [6, 6.07) is 11.3. The van der Waals surface area contributed by atoms with Crippen LogP contribution in [0.4, 0.5) is 10.1 Å². The van der Waals surface area contributed by atoms with Crippen molar-refractivity contribution in [2.24, 2.45) is 0 Å². The summed E-state index contributed by atoms with van der Waals surface area (Å²) in [6.45, 7) is 4.69. The first-order chi connectivity index (χ1) is 15.0. The summed E-state index contributed by atoms with van der Waals surface area (Å²) < 4.78 is 19.6. The fraction of sp³-hybridized carbons (Fsp3) is 0.391. The second-order valence-corrected chi connectivity index (χ2v) is 8.48. The summed E-state index contributed by atoms with van der Waals surface area (Å²) in [5.74, 6) is 0.380. The number of anilines is 1. The van der Waals surface area contributed by atoms with E-state index >= 15 is 0 Å². The van der Waals surface area contributed by atoms with Crippen LogP contribution in [0.1, 0.15) is 13.3 Å². The van der Waals surface area contributed by atoms with Gasteiger partial charge in [0, 0.05) is 24.2 Å². The predicted octanol–water partition coefficient (Wildman–Crippen LogP) is 3.79. The molecule has 1 aliphatic heterocycles. The predicted molar refractivity (Wildman–Crippen MR) is 121 cm³/mol. The number of nitrogens with one attached hydrogen (secondary N) is 2. The number of fused-ring (bicyclic) bond motifs is 2. The Morgan fingerprint density at radius 2 is 2.06 bits per heavy atom. The van der Waals surface area contributed by atoms with Crippen molar-refractivity contribution in [2.45, 2.75) is 25.5 Å². The molecule has 0 bridgehead atoms. The number of imidazole rings is 1. The molecule has 2 aromatic heterocycles. The van der Waals surface area contributed by atoms with E-state index in [0.29, 0.717) is 23.1 Å². The Morgan fingerprint density at radius 1 is 1.19 bits per heavy atom. The molecule has 0 spiro atoms. The lowest BCUT2D eigenvalue weighted by Gasteiger charge is -2.41. The maximum absolute atomic E-state index is 13.5. The smallest absolute Gasteiger partial charge is 0.159 e. The minimum absolute atomic E-state index is 0.182. The fourth-order valence-electron chi connectivity index (χ4n) is 4.39. The van der Waals surface area contributed by atoms with Gasteiger partial charge in [0.15, 0.2) is 5.82 Å². The van der Waals surface area contributed by atoms with Crippen molar-refractivity contribution >= 4 is 27.6 Å². The third-order valence-electron chi connectivity index (χ3n) is 5.95. The van der Waals surface area contributed by atoms with Crippen molar-refractivity contribution in [3.8, 4) is 11.5 Å². The lowest BCUT2D eigenvalue weighted by atomic mass is 10.1. The molecule has 2 aromatic carbocycles. The van der Waals surface area contributed by atoms with E-state index in [1.54, 1.807) is 6.07 Å². The largest absolute Gasteiger partial charge is 0.373 e. The molecule has 2 atom stereocenters. The number of ether oxygens (including phenoxy) is 1. The van der Waals surface area contributed by atoms with Crippen LogP contribution in [0.15, 0.2) is 36.4 Å². The van der Waals surface area contributed by atoms with E-state index in [1.165, 1.54) is 12.1 Å². The van der Waals surface area contributed by atoms with Crippen LogP contribution >= 0.6 is 0 Å². The number of rotatable bonds is 5. The highest BCUT2D eigenvalue weighted by Gasteiger charge is 2.28. The number of aromatic amines is 2. The van der Waals surface area contributed by atoms with Crippen LogP contribution in [0.3, 0.4) is 0 Å². The molecule has 0 aliphatic carbocycles. The number of benzene rings is 2. The molecule has 1 fully saturated rings. The Bertz CT molecular complexity index is 1220. The highest BCUT2D eigenvalue weighted by Crippen LogP contribution is 2.30. The zero-order valence-electron chi connectivity index (χ0n) is 18.0. The van der Waals surface area contributed by atoms with Gasteiger partial charge in [0.2, 0.25) is 0 Å². The van der Waals surface area contributed by atoms with Crippen molar-refractivity contribution in [1.29, 1.82) is 0 Å². The normalized spacial score (nSPS) is 19.7. The van der Waals surface area contributed by atoms with Crippen LogP contribution in [-0.4, -0.2) is 71.0 Å². The molecule has 0 radical (unpaired) electrons. The van der Waals surface area contributed by atoms with Crippen LogP contribution < -0.4 is 4.90 Å². The van der Waals surface area contributed by atoms with Gasteiger partial charge in [0.25, 0.3) is 0 Å². The highest BCUT2D eigenvalue weighted by atomic mass is 19.1. The number of morpholine rings is 1. The number of hydrogen-bond acceptors (Lipinski definition) is 5. The summed E-state index contributed by atoms with van der Waals surface area (Å²) in [5.41, 5.74) is 4.34. The molecule has 162 valence electrons. The second-order valence-electron chi connectivity index (χ2n) is 8.48. The summed E-state index contributed by atoms with van der Waals surface area (Å²) in [4.78, 5) is 12.7. The van der Waals surface area contributed by atoms with E-state index in [1.807, 2.05) is 6.07 Å². The van der Waals surface area contributed by atoms with Crippen LogP contribution in [0, 0.1) is 5.82 Å². The number of halogens is 1. The molecule has 1 saturated heterocycles. The first-order valence-corrected chi connectivity index (χ1v) is 10.7. The number of nitrogens with zero attached hydrogens (tertiary/aromatic N) is 4. The molecular formula is C23H27FN6O. The van der Waals surface area contributed by atoms with Crippen molar-refractivity contribution in [3.63, 3.8) is 0 Å². The molecule has 8 heteroatoms. The lowest BCUT2D eigenvalue weighted by molar-refractivity contribution is 0.00513. The SMILES string of the molecule is CC[C@@H]1CO[C@H](CN(C)C)CN1c1ccc2nc(-c3n[nH]c4cc(F)ccc34)[nH]c2c1. The van der Waals surface area contributed by atoms with Crippen LogP contribution in [0.25, 0.3) is 33.5 Å². The van der Waals surface area contributed by atoms with Gasteiger partial charge in [-0.2, -0.15) is 5.10 Å². The number of hydrogen-bond donors (Lipinski definition) is 2. The standard InChI is InChI=1S/C23H27FN6O/c1-4-15-13-31-17(11-29(2)3)12-30(15)16-6-8-19-21(10-16)26-23(25-19)22-18-7-5-14(24)9-20(18)27-28-22/h5-10,15,17H,4,11-13H2,1-3H3,(H,25,26)(H,27,28)/t15-,17-/m1/s1. The van der Waals surface area contributed by atoms with Gasteiger partial charge in [-0.05, 0) is 56.9 Å². The molecule has 3 heterocycles. The molecule has 4 aromatic rings. The van der Waals surface area contributed by atoms with Crippen molar-refractivity contribution < 1.29 is 9.13 Å². The quantitative estimate of drug-likeness (QED) is 0.512. The Kier molecular flexibility index (Phi) is 5.11. The molecule has 7 nitrogen and oxygen atoms in total. The molecule has 5 rings (SSSR count). The molecular weight excluding hydrogens is 395 g/mol. The van der Waals surface area contributed by atoms with Gasteiger partial charge in [-0.3, -0.25) is 5.10 Å². The maximum Gasteiger partial charge on any atom is 0.159 e. The van der Waals surface area contributed by atoms with Gasteiger partial charge in [-0.1, -0.05) is 6.92 Å². The van der Waals surface area contributed by atoms with Crippen LogP contribution in [-0.2, 0) is 4.74 Å². The summed E-state index contributed by atoms with van der Waals surface area (Å²) in [6.07, 6.45) is 1.21. The summed E-state index contributed by atoms with van der Waals surface area (Å²) >= 11 is 0. The first-order valence-electron chi connectivity index (χ1n) is 10.7. The summed E-state index contributed by atoms with van der Waals surface area (Å²) in [5, 5.41) is 8.09. The Hall–Kier alpha value is -2.97. The molecule has 31 heavy (non-hydrogen) atoms. The monoisotopic (exact) mass is 422 g/mol. The van der Waals surface area contributed by atoms with Crippen molar-refractivity contribution in [2.75, 3.05) is 38.7 Å². The minimum Gasteiger partial charge on any atom is -0.373 e. The maximum atomic E-state index is 13.5. The van der Waals surface area contributed by atoms with E-state index in [2.05, 4.69) is 58.1 Å². The highest BCUT2D eigenvalue weighted by molar-refractivity contribution is 5.93. The third kappa shape index (κ3) is 3.77. The van der Waals surface area contributed by atoms with Gasteiger partial charge in [0.1, 0.15) is 11.5 Å². The van der Waals surface area contributed by atoms with Gasteiger partial charge < -0.3 is 19.5 Å². The zero-order chi connectivity index (χ0) is 21.5. The Balaban J connectivity index is 1.48. The van der Waals surface area contributed by atoms with Crippen molar-refractivity contribution in [3.05, 3.63) is 42.2 Å². The van der Waals surface area contributed by atoms with E-state index in [9.17, 15) is 4.39 Å². The van der Waals surface area contributed by atoms with E-state index < -0.39 is 0 Å². The van der Waals surface area contributed by atoms with Gasteiger partial charge in [-0.25, -0.2) is 9.37 Å². The topological polar surface area (TPSA) is 73.1 Å². The first kappa shape index (κ1) is 20.0. The van der Waals surface area contributed by atoms with Gasteiger partial charge >= 0.3 is 0 Å².